The number of nitrogens with zero attached hydrogens (tertiary/aromatic N) is 1. The third kappa shape index (κ3) is 3.53. The molecule has 1 amide bonds. The summed E-state index contributed by atoms with van der Waals surface area (Å²) in [6.45, 7) is 8.89. The van der Waals surface area contributed by atoms with Crippen LogP contribution in [-0.4, -0.2) is 41.5 Å². The molecule has 0 spiro atoms. The maximum Gasteiger partial charge on any atom is 0.237 e. The van der Waals surface area contributed by atoms with Crippen molar-refractivity contribution < 1.29 is 4.79 Å². The Kier molecular flexibility index (Phi) is 5.08. The van der Waals surface area contributed by atoms with Gasteiger partial charge in [-0.3, -0.25) is 4.79 Å². The van der Waals surface area contributed by atoms with Crippen molar-refractivity contribution in [2.45, 2.75) is 76.9 Å². The Labute approximate surface area is 123 Å². The number of amides is 1. The molecule has 2 rings (SSSR count). The largest absolute Gasteiger partial charge is 0.368 e. The molecule has 2 aliphatic rings. The smallest absolute Gasteiger partial charge is 0.237 e. The average Bonchev–Trinajstić information content (AvgIpc) is 2.39. The average molecular weight is 281 g/mol. The number of carbonyl (C=O) groups excluding carboxylic acids is 1. The van der Waals surface area contributed by atoms with Gasteiger partial charge < -0.3 is 16.0 Å². The standard InChI is InChI=1S/C16H31N3O/c1-12(2)18-16(15(17)20)8-4-5-14(11-16)19-9-6-13(3)7-10-19/h12-14,18H,4-11H2,1-3H3,(H2,17,20). The first-order chi connectivity index (χ1) is 9.43. The second-order valence-corrected chi connectivity index (χ2v) is 7.21. The molecule has 1 heterocycles. The summed E-state index contributed by atoms with van der Waals surface area (Å²) in [5, 5.41) is 3.47. The van der Waals surface area contributed by atoms with E-state index >= 15 is 0 Å². The molecule has 2 fully saturated rings. The minimum atomic E-state index is -0.486. The fourth-order valence-corrected chi connectivity index (χ4v) is 3.93. The summed E-state index contributed by atoms with van der Waals surface area (Å²) in [7, 11) is 0. The predicted octanol–water partition coefficient (Wildman–Crippen LogP) is 1.88. The van der Waals surface area contributed by atoms with E-state index in [4.69, 9.17) is 5.73 Å². The van der Waals surface area contributed by atoms with Gasteiger partial charge in [-0.1, -0.05) is 6.92 Å². The number of nitrogens with one attached hydrogen (secondary N) is 1. The Morgan fingerprint density at radius 2 is 1.95 bits per heavy atom. The minimum absolute atomic E-state index is 0.165. The molecule has 0 aromatic carbocycles. The van der Waals surface area contributed by atoms with Crippen LogP contribution >= 0.6 is 0 Å². The maximum atomic E-state index is 12.0. The van der Waals surface area contributed by atoms with E-state index in [0.29, 0.717) is 12.1 Å². The fourth-order valence-electron chi connectivity index (χ4n) is 3.93. The number of hydrogen-bond acceptors (Lipinski definition) is 3. The topological polar surface area (TPSA) is 58.4 Å². The zero-order valence-electron chi connectivity index (χ0n) is 13.3. The summed E-state index contributed by atoms with van der Waals surface area (Å²) in [4.78, 5) is 14.6. The highest BCUT2D eigenvalue weighted by molar-refractivity contribution is 5.85. The molecule has 4 heteroatoms. The number of piperidine rings is 1. The second-order valence-electron chi connectivity index (χ2n) is 7.21. The minimum Gasteiger partial charge on any atom is -0.368 e. The van der Waals surface area contributed by atoms with E-state index in [2.05, 4.69) is 31.0 Å². The highest BCUT2D eigenvalue weighted by atomic mass is 16.1. The molecule has 2 unspecified atom stereocenters. The number of primary amides is 1. The molecule has 0 bridgehead atoms. The third-order valence-electron chi connectivity index (χ3n) is 5.10. The highest BCUT2D eigenvalue weighted by Gasteiger charge is 2.43. The summed E-state index contributed by atoms with van der Waals surface area (Å²) in [5.74, 6) is 0.686. The molecule has 1 saturated carbocycles. The molecule has 1 aliphatic heterocycles. The molecule has 116 valence electrons. The van der Waals surface area contributed by atoms with Crippen LogP contribution in [0.2, 0.25) is 0 Å². The summed E-state index contributed by atoms with van der Waals surface area (Å²) in [5.41, 5.74) is 5.26. The number of rotatable bonds is 4. The summed E-state index contributed by atoms with van der Waals surface area (Å²) >= 11 is 0. The van der Waals surface area contributed by atoms with E-state index in [0.717, 1.165) is 25.2 Å². The molecule has 2 atom stereocenters. The SMILES string of the molecule is CC1CCN(C2CCCC(NC(C)C)(C(N)=O)C2)CC1. The van der Waals surface area contributed by atoms with Gasteiger partial charge in [-0.2, -0.15) is 0 Å². The Morgan fingerprint density at radius 3 is 2.50 bits per heavy atom. The van der Waals surface area contributed by atoms with Crippen LogP contribution in [0.5, 0.6) is 0 Å². The zero-order chi connectivity index (χ0) is 14.8. The lowest BCUT2D eigenvalue weighted by molar-refractivity contribution is -0.127. The highest BCUT2D eigenvalue weighted by Crippen LogP contribution is 2.33. The Morgan fingerprint density at radius 1 is 1.30 bits per heavy atom. The third-order valence-corrected chi connectivity index (χ3v) is 5.10. The van der Waals surface area contributed by atoms with Gasteiger partial charge >= 0.3 is 0 Å². The van der Waals surface area contributed by atoms with Gasteiger partial charge in [0.15, 0.2) is 0 Å². The molecule has 0 radical (unpaired) electrons. The molecular formula is C16H31N3O. The van der Waals surface area contributed by atoms with Crippen molar-refractivity contribution in [3.05, 3.63) is 0 Å². The van der Waals surface area contributed by atoms with Crippen molar-refractivity contribution in [1.82, 2.24) is 10.2 Å². The maximum absolute atomic E-state index is 12.0. The van der Waals surface area contributed by atoms with Crippen LogP contribution in [0, 0.1) is 5.92 Å². The van der Waals surface area contributed by atoms with Gasteiger partial charge in [0.25, 0.3) is 0 Å². The van der Waals surface area contributed by atoms with Crippen molar-refractivity contribution in [3.8, 4) is 0 Å². The Bertz CT molecular complexity index is 337. The molecule has 1 aliphatic carbocycles. The molecule has 0 aromatic rings. The van der Waals surface area contributed by atoms with Crippen molar-refractivity contribution >= 4 is 5.91 Å². The predicted molar refractivity (Wildman–Crippen MR) is 82.4 cm³/mol. The van der Waals surface area contributed by atoms with Crippen molar-refractivity contribution in [3.63, 3.8) is 0 Å². The van der Waals surface area contributed by atoms with E-state index in [1.807, 2.05) is 0 Å². The number of nitrogens with two attached hydrogens (primary N) is 1. The lowest BCUT2D eigenvalue weighted by Gasteiger charge is -2.46. The first kappa shape index (κ1) is 15.8. The second kappa shape index (κ2) is 6.44. The lowest BCUT2D eigenvalue weighted by atomic mass is 9.76. The number of carbonyl (C=O) groups is 1. The summed E-state index contributed by atoms with van der Waals surface area (Å²) < 4.78 is 0. The molecule has 0 aromatic heterocycles. The first-order valence-corrected chi connectivity index (χ1v) is 8.24. The van der Waals surface area contributed by atoms with Gasteiger partial charge in [0.05, 0.1) is 5.54 Å². The van der Waals surface area contributed by atoms with Gasteiger partial charge in [-0.25, -0.2) is 0 Å². The first-order valence-electron chi connectivity index (χ1n) is 8.24. The molecule has 1 saturated heterocycles. The Balaban J connectivity index is 2.03. The van der Waals surface area contributed by atoms with E-state index in [-0.39, 0.29) is 5.91 Å². The van der Waals surface area contributed by atoms with Crippen molar-refractivity contribution in [2.24, 2.45) is 11.7 Å². The monoisotopic (exact) mass is 281 g/mol. The van der Waals surface area contributed by atoms with Crippen LogP contribution in [0.15, 0.2) is 0 Å². The van der Waals surface area contributed by atoms with Crippen LogP contribution in [0.1, 0.15) is 59.3 Å². The van der Waals surface area contributed by atoms with Gasteiger partial charge in [-0.05, 0) is 71.4 Å². The van der Waals surface area contributed by atoms with Crippen molar-refractivity contribution in [1.29, 1.82) is 0 Å². The molecular weight excluding hydrogens is 250 g/mol. The molecule has 20 heavy (non-hydrogen) atoms. The van der Waals surface area contributed by atoms with Gasteiger partial charge in [0.2, 0.25) is 5.91 Å². The van der Waals surface area contributed by atoms with E-state index in [1.165, 1.54) is 32.4 Å². The molecule has 4 nitrogen and oxygen atoms in total. The van der Waals surface area contributed by atoms with Gasteiger partial charge in [0.1, 0.15) is 0 Å². The lowest BCUT2D eigenvalue weighted by Crippen LogP contribution is -2.62. The zero-order valence-corrected chi connectivity index (χ0v) is 13.3. The van der Waals surface area contributed by atoms with Crippen LogP contribution in [-0.2, 0) is 4.79 Å². The van der Waals surface area contributed by atoms with E-state index in [1.54, 1.807) is 0 Å². The molecule has 3 N–H and O–H groups in total. The number of likely N-dealkylation sites (tertiary alicyclic amines) is 1. The van der Waals surface area contributed by atoms with E-state index in [9.17, 15) is 4.79 Å². The Hall–Kier alpha value is -0.610. The fraction of sp³-hybridized carbons (Fsp3) is 0.938. The van der Waals surface area contributed by atoms with E-state index < -0.39 is 5.54 Å². The van der Waals surface area contributed by atoms with Crippen LogP contribution < -0.4 is 11.1 Å². The van der Waals surface area contributed by atoms with Crippen LogP contribution in [0.25, 0.3) is 0 Å². The quantitative estimate of drug-likeness (QED) is 0.827. The van der Waals surface area contributed by atoms with Gasteiger partial charge in [0, 0.05) is 12.1 Å². The summed E-state index contributed by atoms with van der Waals surface area (Å²) in [6.07, 6.45) is 6.66. The normalized spacial score (nSPS) is 33.5. The van der Waals surface area contributed by atoms with Crippen LogP contribution in [0.3, 0.4) is 0 Å². The summed E-state index contributed by atoms with van der Waals surface area (Å²) in [6, 6.07) is 0.817. The van der Waals surface area contributed by atoms with Crippen LogP contribution in [0.4, 0.5) is 0 Å². The van der Waals surface area contributed by atoms with Gasteiger partial charge in [-0.15, -0.1) is 0 Å². The number of hydrogen-bond donors (Lipinski definition) is 2. The van der Waals surface area contributed by atoms with Crippen molar-refractivity contribution in [2.75, 3.05) is 13.1 Å².